The van der Waals surface area contributed by atoms with E-state index in [1.807, 2.05) is 4.90 Å². The Hall–Kier alpha value is -3.27. The van der Waals surface area contributed by atoms with Crippen LogP contribution in [0.25, 0.3) is 0 Å². The molecule has 2 aromatic heterocycles. The summed E-state index contributed by atoms with van der Waals surface area (Å²) < 4.78 is 10.5. The van der Waals surface area contributed by atoms with E-state index in [0.29, 0.717) is 43.7 Å². The van der Waals surface area contributed by atoms with Crippen LogP contribution in [-0.4, -0.2) is 65.3 Å². The molecule has 0 unspecified atom stereocenters. The summed E-state index contributed by atoms with van der Waals surface area (Å²) in [6, 6.07) is 3.25. The first-order valence-electron chi connectivity index (χ1n) is 7.83. The summed E-state index contributed by atoms with van der Waals surface area (Å²) in [5.74, 6) is -1.10. The van der Waals surface area contributed by atoms with Crippen molar-refractivity contribution in [3.63, 3.8) is 0 Å². The van der Waals surface area contributed by atoms with E-state index in [1.165, 1.54) is 19.5 Å². The maximum atomic E-state index is 12.5. The minimum atomic E-state index is -1.33. The van der Waals surface area contributed by atoms with Gasteiger partial charge in [-0.15, -0.1) is 0 Å². The lowest BCUT2D eigenvalue weighted by Crippen LogP contribution is -2.37. The number of nitrogens with one attached hydrogen (secondary N) is 1. The molecule has 0 radical (unpaired) electrons. The number of carbonyl (C=O) groups is 2. The Balaban J connectivity index is 1.92. The van der Waals surface area contributed by atoms with Gasteiger partial charge in [0.05, 0.1) is 26.0 Å². The lowest BCUT2D eigenvalue weighted by molar-refractivity contribution is 0.0685. The zero-order valence-corrected chi connectivity index (χ0v) is 14.0. The Labute approximate surface area is 148 Å². The molecular weight excluding hydrogens is 342 g/mol. The molecular formula is C16H17N5O5. The summed E-state index contributed by atoms with van der Waals surface area (Å²) in [5.41, 5.74) is -0.275. The van der Waals surface area contributed by atoms with Crippen LogP contribution >= 0.6 is 0 Å². The van der Waals surface area contributed by atoms with E-state index in [2.05, 4.69) is 20.3 Å². The van der Waals surface area contributed by atoms with Crippen LogP contribution in [0.2, 0.25) is 0 Å². The predicted molar refractivity (Wildman–Crippen MR) is 90.8 cm³/mol. The highest BCUT2D eigenvalue weighted by atomic mass is 16.5. The van der Waals surface area contributed by atoms with Gasteiger partial charge in [-0.1, -0.05) is 0 Å². The van der Waals surface area contributed by atoms with Crippen LogP contribution in [0.5, 0.6) is 5.88 Å². The molecule has 1 saturated heterocycles. The van der Waals surface area contributed by atoms with E-state index < -0.39 is 17.6 Å². The van der Waals surface area contributed by atoms with Crippen LogP contribution in [0.3, 0.4) is 0 Å². The summed E-state index contributed by atoms with van der Waals surface area (Å²) in [6.07, 6.45) is 2.48. The number of morpholine rings is 1. The maximum absolute atomic E-state index is 12.5. The first kappa shape index (κ1) is 17.5. The Morgan fingerprint density at radius 1 is 1.19 bits per heavy atom. The van der Waals surface area contributed by atoms with Crippen molar-refractivity contribution in [1.82, 2.24) is 15.0 Å². The second kappa shape index (κ2) is 7.74. The van der Waals surface area contributed by atoms with E-state index in [1.54, 1.807) is 12.1 Å². The number of amides is 1. The summed E-state index contributed by atoms with van der Waals surface area (Å²) in [7, 11) is 1.50. The van der Waals surface area contributed by atoms with E-state index in [0.717, 1.165) is 0 Å². The number of hydrogen-bond acceptors (Lipinski definition) is 8. The third kappa shape index (κ3) is 3.70. The minimum Gasteiger partial charge on any atom is -0.481 e. The number of nitrogens with zero attached hydrogens (tertiary/aromatic N) is 4. The fourth-order valence-corrected chi connectivity index (χ4v) is 2.50. The van der Waals surface area contributed by atoms with Crippen molar-refractivity contribution in [2.24, 2.45) is 0 Å². The van der Waals surface area contributed by atoms with Gasteiger partial charge in [0.2, 0.25) is 5.88 Å². The van der Waals surface area contributed by atoms with Gasteiger partial charge in [0.15, 0.2) is 17.2 Å². The van der Waals surface area contributed by atoms with Gasteiger partial charge in [-0.05, 0) is 6.07 Å². The second-order valence-corrected chi connectivity index (χ2v) is 5.34. The molecule has 0 aromatic carbocycles. The number of methoxy groups -OCH3 is 1. The predicted octanol–water partition coefficient (Wildman–Crippen LogP) is 0.667. The summed E-state index contributed by atoms with van der Waals surface area (Å²) in [5, 5.41) is 11.8. The lowest BCUT2D eigenvalue weighted by Gasteiger charge is -2.29. The van der Waals surface area contributed by atoms with Crippen LogP contribution in [0.1, 0.15) is 21.0 Å². The number of anilines is 2. The van der Waals surface area contributed by atoms with Crippen LogP contribution in [0.15, 0.2) is 24.5 Å². The molecule has 0 spiro atoms. The zero-order valence-electron chi connectivity index (χ0n) is 14.0. The quantitative estimate of drug-likeness (QED) is 0.791. The molecule has 0 atom stereocenters. The van der Waals surface area contributed by atoms with Gasteiger partial charge >= 0.3 is 5.97 Å². The van der Waals surface area contributed by atoms with Crippen molar-refractivity contribution in [2.45, 2.75) is 0 Å². The van der Waals surface area contributed by atoms with Crippen LogP contribution in [-0.2, 0) is 4.74 Å². The third-order valence-electron chi connectivity index (χ3n) is 3.73. The van der Waals surface area contributed by atoms with Gasteiger partial charge < -0.3 is 24.8 Å². The summed E-state index contributed by atoms with van der Waals surface area (Å²) in [4.78, 5) is 37.7. The number of carboxylic acid groups (broad SMARTS) is 1. The zero-order chi connectivity index (χ0) is 18.5. The van der Waals surface area contributed by atoms with Gasteiger partial charge in [-0.25, -0.2) is 14.8 Å². The van der Waals surface area contributed by atoms with E-state index in [-0.39, 0.29) is 5.69 Å². The number of aromatic nitrogens is 3. The number of carboxylic acids is 1. The van der Waals surface area contributed by atoms with Crippen LogP contribution in [0, 0.1) is 0 Å². The van der Waals surface area contributed by atoms with Gasteiger partial charge in [0, 0.05) is 31.5 Å². The Bertz CT molecular complexity index is 822. The molecule has 1 aliphatic rings. The van der Waals surface area contributed by atoms with Crippen molar-refractivity contribution >= 4 is 23.4 Å². The summed E-state index contributed by atoms with van der Waals surface area (Å²) >= 11 is 0. The fourth-order valence-electron chi connectivity index (χ4n) is 2.50. The Morgan fingerprint density at radius 2 is 1.88 bits per heavy atom. The Kier molecular flexibility index (Phi) is 5.23. The molecule has 1 amide bonds. The molecule has 3 rings (SSSR count). The SMILES string of the molecule is COc1ccc(NC(=O)c2nccnc2C(=O)O)c(N2CCOCC2)n1. The lowest BCUT2D eigenvalue weighted by atomic mass is 10.2. The van der Waals surface area contributed by atoms with Crippen molar-refractivity contribution < 1.29 is 24.2 Å². The molecule has 3 heterocycles. The average Bonchev–Trinajstić information content (AvgIpc) is 2.68. The van der Waals surface area contributed by atoms with Gasteiger partial charge in [-0.2, -0.15) is 4.98 Å². The Morgan fingerprint density at radius 3 is 2.54 bits per heavy atom. The largest absolute Gasteiger partial charge is 0.481 e. The van der Waals surface area contributed by atoms with Gasteiger partial charge in [0.1, 0.15) is 0 Å². The maximum Gasteiger partial charge on any atom is 0.356 e. The highest BCUT2D eigenvalue weighted by molar-refractivity contribution is 6.09. The summed E-state index contributed by atoms with van der Waals surface area (Å²) in [6.45, 7) is 2.29. The number of pyridine rings is 1. The normalized spacial score (nSPS) is 14.0. The highest BCUT2D eigenvalue weighted by Gasteiger charge is 2.23. The van der Waals surface area contributed by atoms with Crippen LogP contribution in [0.4, 0.5) is 11.5 Å². The highest BCUT2D eigenvalue weighted by Crippen LogP contribution is 2.27. The molecule has 0 aliphatic carbocycles. The molecule has 1 fully saturated rings. The topological polar surface area (TPSA) is 127 Å². The molecule has 1 aliphatic heterocycles. The number of aromatic carboxylic acids is 1. The minimum absolute atomic E-state index is 0.274. The number of hydrogen-bond donors (Lipinski definition) is 2. The first-order valence-corrected chi connectivity index (χ1v) is 7.83. The van der Waals surface area contributed by atoms with E-state index in [4.69, 9.17) is 9.47 Å². The number of ether oxygens (including phenoxy) is 2. The molecule has 2 aromatic rings. The van der Waals surface area contributed by atoms with Gasteiger partial charge in [-0.3, -0.25) is 4.79 Å². The monoisotopic (exact) mass is 359 g/mol. The van der Waals surface area contributed by atoms with Crippen molar-refractivity contribution in [1.29, 1.82) is 0 Å². The molecule has 10 nitrogen and oxygen atoms in total. The van der Waals surface area contributed by atoms with Crippen molar-refractivity contribution in [3.8, 4) is 5.88 Å². The fraction of sp³-hybridized carbons (Fsp3) is 0.312. The third-order valence-corrected chi connectivity index (χ3v) is 3.73. The molecule has 136 valence electrons. The molecule has 0 bridgehead atoms. The van der Waals surface area contributed by atoms with Gasteiger partial charge in [0.25, 0.3) is 5.91 Å². The average molecular weight is 359 g/mol. The van der Waals surface area contributed by atoms with E-state index >= 15 is 0 Å². The second-order valence-electron chi connectivity index (χ2n) is 5.34. The van der Waals surface area contributed by atoms with Crippen molar-refractivity contribution in [3.05, 3.63) is 35.9 Å². The molecule has 10 heteroatoms. The van der Waals surface area contributed by atoms with Crippen molar-refractivity contribution in [2.75, 3.05) is 43.6 Å². The molecule has 0 saturated carbocycles. The number of rotatable bonds is 5. The smallest absolute Gasteiger partial charge is 0.356 e. The van der Waals surface area contributed by atoms with Crippen LogP contribution < -0.4 is 15.0 Å². The first-order chi connectivity index (χ1) is 12.6. The van der Waals surface area contributed by atoms with E-state index in [9.17, 15) is 14.7 Å². The molecule has 26 heavy (non-hydrogen) atoms. The number of carbonyl (C=O) groups excluding carboxylic acids is 1. The standard InChI is InChI=1S/C16H17N5O5/c1-25-11-3-2-10(14(20-11)21-6-8-26-9-7-21)19-15(22)12-13(16(23)24)18-5-4-17-12/h2-5H,6-9H2,1H3,(H,19,22)(H,23,24). The molecule has 2 N–H and O–H groups in total.